The van der Waals surface area contributed by atoms with Crippen molar-refractivity contribution in [2.24, 2.45) is 5.41 Å². The van der Waals surface area contributed by atoms with E-state index in [1.54, 1.807) is 0 Å². The van der Waals surface area contributed by atoms with E-state index in [0.717, 1.165) is 11.1 Å². The van der Waals surface area contributed by atoms with Crippen LogP contribution in [0.2, 0.25) is 0 Å². The van der Waals surface area contributed by atoms with Gasteiger partial charge in [0.05, 0.1) is 0 Å². The predicted molar refractivity (Wildman–Crippen MR) is 98.7 cm³/mol. The minimum atomic E-state index is -0.778. The van der Waals surface area contributed by atoms with Crippen molar-refractivity contribution in [1.82, 2.24) is 0 Å². The highest BCUT2D eigenvalue weighted by Gasteiger charge is 2.26. The Morgan fingerprint density at radius 2 is 2.08 bits per heavy atom. The number of allylic oxidation sites excluding steroid dienone is 4. The second-order valence-electron chi connectivity index (χ2n) is 7.08. The lowest BCUT2D eigenvalue weighted by Gasteiger charge is -2.32. The number of rotatable bonds is 4. The number of carboxylic acid groups (broad SMARTS) is 1. The number of hydrogen-bond acceptors (Lipinski definition) is 1. The number of carboxylic acids is 1. The van der Waals surface area contributed by atoms with Crippen LogP contribution in [-0.4, -0.2) is 11.1 Å². The van der Waals surface area contributed by atoms with Crippen molar-refractivity contribution in [2.45, 2.75) is 52.9 Å². The van der Waals surface area contributed by atoms with Crippen LogP contribution in [0.3, 0.4) is 0 Å². The minimum absolute atomic E-state index is 0.134. The predicted octanol–water partition coefficient (Wildman–Crippen LogP) is 5.14. The first-order valence-corrected chi connectivity index (χ1v) is 8.58. The van der Waals surface area contributed by atoms with Gasteiger partial charge in [-0.3, -0.25) is 4.79 Å². The quantitative estimate of drug-likeness (QED) is 0.779. The molecule has 1 N–H and O–H groups in total. The lowest BCUT2D eigenvalue weighted by atomic mass is 9.73. The molecule has 0 radical (unpaired) electrons. The molecule has 0 fully saturated rings. The van der Waals surface area contributed by atoms with Gasteiger partial charge in [-0.1, -0.05) is 55.5 Å². The van der Waals surface area contributed by atoms with Crippen molar-refractivity contribution in [3.8, 4) is 11.8 Å². The third kappa shape index (κ3) is 4.86. The molecule has 0 unspecified atom stereocenters. The summed E-state index contributed by atoms with van der Waals surface area (Å²) in [4.78, 5) is 10.8. The molecule has 1 aliphatic rings. The molecule has 0 saturated carbocycles. The van der Waals surface area contributed by atoms with E-state index in [-0.39, 0.29) is 11.8 Å². The normalized spacial score (nSPS) is 16.8. The van der Waals surface area contributed by atoms with Crippen LogP contribution >= 0.6 is 0 Å². The van der Waals surface area contributed by atoms with Crippen LogP contribution in [0.5, 0.6) is 0 Å². The molecule has 2 nitrogen and oxygen atoms in total. The summed E-state index contributed by atoms with van der Waals surface area (Å²) in [5.74, 6) is 5.51. The summed E-state index contributed by atoms with van der Waals surface area (Å²) in [6.07, 6.45) is 8.39. The average molecular weight is 322 g/mol. The van der Waals surface area contributed by atoms with Crippen molar-refractivity contribution in [3.63, 3.8) is 0 Å². The van der Waals surface area contributed by atoms with Gasteiger partial charge in [-0.25, -0.2) is 0 Å². The van der Waals surface area contributed by atoms with E-state index in [0.29, 0.717) is 6.42 Å². The molecule has 0 saturated heterocycles. The third-order valence-corrected chi connectivity index (χ3v) is 4.71. The Morgan fingerprint density at radius 3 is 2.79 bits per heavy atom. The molecule has 1 aromatic rings. The van der Waals surface area contributed by atoms with Gasteiger partial charge in [0.15, 0.2) is 0 Å². The Bertz CT molecular complexity index is 724. The van der Waals surface area contributed by atoms with Crippen molar-refractivity contribution < 1.29 is 9.90 Å². The second kappa shape index (κ2) is 8.02. The Morgan fingerprint density at radius 1 is 1.33 bits per heavy atom. The SMILES string of the molecule is CC1=C(C=CC#Cc2ccccc2CCC(=O)O)C(C)(C)CCC1. The monoisotopic (exact) mass is 322 g/mol. The number of carbonyl (C=O) groups is 1. The first kappa shape index (κ1) is 18.1. The molecule has 1 aromatic carbocycles. The molecule has 1 aliphatic carbocycles. The van der Waals surface area contributed by atoms with Crippen LogP contribution in [0.1, 0.15) is 57.6 Å². The summed E-state index contributed by atoms with van der Waals surface area (Å²) < 4.78 is 0. The van der Waals surface area contributed by atoms with Crippen LogP contribution in [-0.2, 0) is 11.2 Å². The largest absolute Gasteiger partial charge is 0.481 e. The van der Waals surface area contributed by atoms with Gasteiger partial charge in [0, 0.05) is 12.0 Å². The molecule has 0 amide bonds. The van der Waals surface area contributed by atoms with Crippen LogP contribution in [0.15, 0.2) is 47.6 Å². The summed E-state index contributed by atoms with van der Waals surface area (Å²) in [5.41, 5.74) is 5.00. The molecule has 126 valence electrons. The first-order chi connectivity index (χ1) is 11.4. The van der Waals surface area contributed by atoms with Gasteiger partial charge in [0.2, 0.25) is 0 Å². The Hall–Kier alpha value is -2.27. The van der Waals surface area contributed by atoms with E-state index in [1.165, 1.54) is 30.4 Å². The molecule has 2 rings (SSSR count). The van der Waals surface area contributed by atoms with Crippen molar-refractivity contribution in [2.75, 3.05) is 0 Å². The van der Waals surface area contributed by atoms with E-state index >= 15 is 0 Å². The maximum absolute atomic E-state index is 10.8. The maximum atomic E-state index is 10.8. The molecule has 24 heavy (non-hydrogen) atoms. The third-order valence-electron chi connectivity index (χ3n) is 4.71. The van der Waals surface area contributed by atoms with Gasteiger partial charge < -0.3 is 5.11 Å². The summed E-state index contributed by atoms with van der Waals surface area (Å²) in [6, 6.07) is 7.77. The van der Waals surface area contributed by atoms with E-state index in [4.69, 9.17) is 5.11 Å². The molecule has 0 aliphatic heterocycles. The fourth-order valence-corrected chi connectivity index (χ4v) is 3.36. The molecule has 0 heterocycles. The van der Waals surface area contributed by atoms with E-state index in [2.05, 4.69) is 38.7 Å². The molecule has 0 aromatic heterocycles. The Kier molecular flexibility index (Phi) is 6.04. The fraction of sp³-hybridized carbons (Fsp3) is 0.409. The van der Waals surface area contributed by atoms with Gasteiger partial charge in [0.1, 0.15) is 0 Å². The van der Waals surface area contributed by atoms with E-state index < -0.39 is 5.97 Å². The zero-order chi connectivity index (χ0) is 17.6. The molecule has 0 bridgehead atoms. The smallest absolute Gasteiger partial charge is 0.303 e. The highest BCUT2D eigenvalue weighted by atomic mass is 16.4. The topological polar surface area (TPSA) is 37.3 Å². The molecular formula is C22H26O2. The second-order valence-corrected chi connectivity index (χ2v) is 7.08. The van der Waals surface area contributed by atoms with Gasteiger partial charge in [0.25, 0.3) is 0 Å². The lowest BCUT2D eigenvalue weighted by Crippen LogP contribution is -2.18. The lowest BCUT2D eigenvalue weighted by molar-refractivity contribution is -0.136. The number of aryl methyl sites for hydroxylation is 1. The number of benzene rings is 1. The number of hydrogen-bond donors (Lipinski definition) is 1. The average Bonchev–Trinajstić information content (AvgIpc) is 2.52. The van der Waals surface area contributed by atoms with E-state index in [1.807, 2.05) is 30.3 Å². The van der Waals surface area contributed by atoms with Crippen molar-refractivity contribution >= 4 is 5.97 Å². The van der Waals surface area contributed by atoms with Crippen LogP contribution < -0.4 is 0 Å². The Labute approximate surface area is 145 Å². The molecule has 2 heteroatoms. The van der Waals surface area contributed by atoms with E-state index in [9.17, 15) is 4.79 Å². The van der Waals surface area contributed by atoms with Crippen molar-refractivity contribution in [3.05, 3.63) is 58.7 Å². The van der Waals surface area contributed by atoms with Crippen LogP contribution in [0.25, 0.3) is 0 Å². The van der Waals surface area contributed by atoms with Crippen LogP contribution in [0, 0.1) is 17.3 Å². The highest BCUT2D eigenvalue weighted by Crippen LogP contribution is 2.40. The van der Waals surface area contributed by atoms with Gasteiger partial charge in [-0.05, 0) is 61.3 Å². The van der Waals surface area contributed by atoms with Crippen LogP contribution in [0.4, 0.5) is 0 Å². The van der Waals surface area contributed by atoms with Crippen molar-refractivity contribution in [1.29, 1.82) is 0 Å². The van der Waals surface area contributed by atoms with Gasteiger partial charge in [-0.15, -0.1) is 0 Å². The molecule has 0 atom stereocenters. The Balaban J connectivity index is 2.15. The highest BCUT2D eigenvalue weighted by molar-refractivity contribution is 5.67. The summed E-state index contributed by atoms with van der Waals surface area (Å²) >= 11 is 0. The zero-order valence-corrected chi connectivity index (χ0v) is 14.9. The maximum Gasteiger partial charge on any atom is 0.303 e. The fourth-order valence-electron chi connectivity index (χ4n) is 3.36. The zero-order valence-electron chi connectivity index (χ0n) is 14.9. The van der Waals surface area contributed by atoms with Gasteiger partial charge in [-0.2, -0.15) is 0 Å². The minimum Gasteiger partial charge on any atom is -0.481 e. The number of aliphatic carboxylic acids is 1. The molecular weight excluding hydrogens is 296 g/mol. The van der Waals surface area contributed by atoms with Gasteiger partial charge >= 0.3 is 5.97 Å². The first-order valence-electron chi connectivity index (χ1n) is 8.58. The summed E-state index contributed by atoms with van der Waals surface area (Å²) in [6.45, 7) is 6.81. The standard InChI is InChI=1S/C22H26O2/c1-17-9-8-16-22(2,3)20(17)13-7-6-11-18-10-4-5-12-19(18)14-15-21(23)24/h4-5,7,10,12-13H,8-9,14-16H2,1-3H3,(H,23,24). The molecule has 0 spiro atoms. The summed E-state index contributed by atoms with van der Waals surface area (Å²) in [5, 5.41) is 8.85. The summed E-state index contributed by atoms with van der Waals surface area (Å²) in [7, 11) is 0.